The van der Waals surface area contributed by atoms with Crippen LogP contribution in [-0.2, 0) is 11.2 Å². The van der Waals surface area contributed by atoms with Gasteiger partial charge in [-0.2, -0.15) is 0 Å². The minimum absolute atomic E-state index is 0.0839. The molecule has 0 aliphatic carbocycles. The molecule has 5 rings (SSSR count). The Hall–Kier alpha value is -5.21. The number of para-hydroxylation sites is 2. The maximum Gasteiger partial charge on any atom is 0.326 e. The fourth-order valence-electron chi connectivity index (χ4n) is 4.64. The molecule has 0 spiro atoms. The molecule has 0 saturated carbocycles. The number of ketones is 1. The average Bonchev–Trinajstić information content (AvgIpc) is 3.59. The Bertz CT molecular complexity index is 1660. The fraction of sp³-hybridized carbons (Fsp3) is 0.114. The molecular formula is C35H30N2O5S. The van der Waals surface area contributed by atoms with Crippen LogP contribution in [0.1, 0.15) is 31.2 Å². The summed E-state index contributed by atoms with van der Waals surface area (Å²) >= 11 is 1.40. The van der Waals surface area contributed by atoms with Gasteiger partial charge < -0.3 is 20.1 Å². The number of amides is 1. The van der Waals surface area contributed by atoms with Gasteiger partial charge in [0.25, 0.3) is 5.91 Å². The highest BCUT2D eigenvalue weighted by atomic mass is 32.1. The number of rotatable bonds is 13. The van der Waals surface area contributed by atoms with Crippen LogP contribution in [0, 0.1) is 0 Å². The average molecular weight is 591 g/mol. The Balaban J connectivity index is 1.22. The van der Waals surface area contributed by atoms with Crippen molar-refractivity contribution < 1.29 is 24.2 Å². The van der Waals surface area contributed by atoms with Gasteiger partial charge in [0.05, 0.1) is 11.4 Å². The molecule has 0 unspecified atom stereocenters. The van der Waals surface area contributed by atoms with Crippen LogP contribution in [0.15, 0.2) is 127 Å². The number of carboxylic acid groups (broad SMARTS) is 1. The van der Waals surface area contributed by atoms with Crippen molar-refractivity contribution >= 4 is 40.4 Å². The van der Waals surface area contributed by atoms with Crippen molar-refractivity contribution in [3.63, 3.8) is 0 Å². The van der Waals surface area contributed by atoms with Gasteiger partial charge in [0.1, 0.15) is 18.4 Å². The molecule has 8 heteroatoms. The van der Waals surface area contributed by atoms with Gasteiger partial charge in [-0.25, -0.2) is 4.79 Å². The van der Waals surface area contributed by atoms with E-state index < -0.39 is 12.0 Å². The van der Waals surface area contributed by atoms with Crippen molar-refractivity contribution in [1.29, 1.82) is 0 Å². The molecule has 0 bridgehead atoms. The number of thiophene rings is 1. The van der Waals surface area contributed by atoms with Crippen LogP contribution in [0.3, 0.4) is 0 Å². The molecule has 0 fully saturated rings. The third-order valence-corrected chi connectivity index (χ3v) is 7.69. The monoisotopic (exact) mass is 590 g/mol. The number of hydrogen-bond donors (Lipinski definition) is 2. The number of nitrogens with one attached hydrogen (secondary N) is 1. The highest BCUT2D eigenvalue weighted by molar-refractivity contribution is 7.12. The Morgan fingerprint density at radius 3 is 2.14 bits per heavy atom. The molecule has 4 aromatic carbocycles. The minimum atomic E-state index is -1.03. The molecular weight excluding hydrogens is 560 g/mol. The van der Waals surface area contributed by atoms with Crippen LogP contribution in [0.5, 0.6) is 5.75 Å². The number of ether oxygens (including phenoxy) is 1. The number of carboxylic acids is 1. The predicted molar refractivity (Wildman–Crippen MR) is 169 cm³/mol. The first-order chi connectivity index (χ1) is 21.0. The normalized spacial score (nSPS) is 11.3. The maximum absolute atomic E-state index is 13.1. The van der Waals surface area contributed by atoms with E-state index in [1.807, 2.05) is 66.0 Å². The Labute approximate surface area is 254 Å². The number of carbonyl (C=O) groups excluding carboxylic acids is 2. The van der Waals surface area contributed by atoms with E-state index in [0.29, 0.717) is 34.0 Å². The van der Waals surface area contributed by atoms with Gasteiger partial charge in [-0.05, 0) is 53.4 Å². The van der Waals surface area contributed by atoms with Crippen molar-refractivity contribution in [3.05, 3.63) is 148 Å². The summed E-state index contributed by atoms with van der Waals surface area (Å²) in [5.41, 5.74) is 2.98. The molecule has 7 nitrogen and oxygen atoms in total. The first-order valence-corrected chi connectivity index (χ1v) is 14.7. The molecule has 0 aliphatic heterocycles. The molecule has 1 atom stereocenters. The molecule has 2 N–H and O–H groups in total. The van der Waals surface area contributed by atoms with Crippen LogP contribution in [0.2, 0.25) is 0 Å². The molecule has 1 amide bonds. The van der Waals surface area contributed by atoms with E-state index in [0.717, 1.165) is 11.3 Å². The zero-order valence-corrected chi connectivity index (χ0v) is 24.1. The number of benzene rings is 4. The lowest BCUT2D eigenvalue weighted by Crippen LogP contribution is -2.34. The van der Waals surface area contributed by atoms with Crippen LogP contribution in [-0.4, -0.2) is 42.0 Å². The number of nitrogens with zero attached hydrogens (tertiary/aromatic N) is 1. The molecule has 0 aliphatic rings. The van der Waals surface area contributed by atoms with E-state index in [1.165, 1.54) is 11.3 Å². The van der Waals surface area contributed by atoms with Gasteiger partial charge in [0, 0.05) is 28.9 Å². The van der Waals surface area contributed by atoms with E-state index in [-0.39, 0.29) is 24.7 Å². The van der Waals surface area contributed by atoms with Crippen LogP contribution >= 0.6 is 11.3 Å². The van der Waals surface area contributed by atoms with Crippen LogP contribution < -0.4 is 15.0 Å². The Kier molecular flexibility index (Phi) is 9.61. The zero-order chi connectivity index (χ0) is 30.0. The van der Waals surface area contributed by atoms with Crippen LogP contribution in [0.25, 0.3) is 0 Å². The number of aliphatic carboxylic acids is 1. The van der Waals surface area contributed by atoms with Crippen molar-refractivity contribution in [2.24, 2.45) is 0 Å². The Morgan fingerprint density at radius 2 is 1.47 bits per heavy atom. The van der Waals surface area contributed by atoms with Gasteiger partial charge in [0.2, 0.25) is 0 Å². The molecule has 0 saturated heterocycles. The lowest BCUT2D eigenvalue weighted by atomic mass is 10.00. The maximum atomic E-state index is 13.1. The van der Waals surface area contributed by atoms with E-state index in [9.17, 15) is 19.5 Å². The molecule has 43 heavy (non-hydrogen) atoms. The summed E-state index contributed by atoms with van der Waals surface area (Å²) in [5, 5.41) is 14.9. The van der Waals surface area contributed by atoms with E-state index in [4.69, 9.17) is 4.74 Å². The summed E-state index contributed by atoms with van der Waals surface area (Å²) in [7, 11) is 0. The van der Waals surface area contributed by atoms with Crippen molar-refractivity contribution in [2.45, 2.75) is 12.5 Å². The highest BCUT2D eigenvalue weighted by Gasteiger charge is 2.22. The second-order valence-corrected chi connectivity index (χ2v) is 10.7. The molecule has 1 aromatic heterocycles. The second-order valence-electron chi connectivity index (χ2n) is 9.74. The van der Waals surface area contributed by atoms with E-state index in [2.05, 4.69) is 5.32 Å². The van der Waals surface area contributed by atoms with Gasteiger partial charge >= 0.3 is 5.97 Å². The first kappa shape index (κ1) is 29.3. The lowest BCUT2D eigenvalue weighted by molar-refractivity contribution is -0.137. The fourth-order valence-corrected chi connectivity index (χ4v) is 5.31. The first-order valence-electron chi connectivity index (χ1n) is 13.8. The highest BCUT2D eigenvalue weighted by Crippen LogP contribution is 2.23. The molecule has 5 aromatic rings. The molecule has 216 valence electrons. The summed E-state index contributed by atoms with van der Waals surface area (Å²) in [6, 6.07) is 35.2. The van der Waals surface area contributed by atoms with Gasteiger partial charge in [0.15, 0.2) is 5.78 Å². The summed E-state index contributed by atoms with van der Waals surface area (Å²) in [6.45, 7) is 0.630. The number of carbonyl (C=O) groups is 3. The third kappa shape index (κ3) is 7.55. The minimum Gasteiger partial charge on any atom is -0.492 e. The standard InChI is InChI=1S/C35H30N2O5S/c38-33(26-10-3-1-4-11-26)29-14-7-8-15-30(29)36-31(35(40)41)24-25-17-19-28(20-18-25)42-22-21-37(27-12-5-2-6-13-27)34(39)32-16-9-23-43-32/h1-20,23,31,36H,21-22,24H2,(H,40,41)/t31-/m0/s1. The molecule has 0 radical (unpaired) electrons. The number of anilines is 2. The Morgan fingerprint density at radius 1 is 0.791 bits per heavy atom. The SMILES string of the molecule is O=C(c1ccccc1)c1ccccc1N[C@@H](Cc1ccc(OCCN(C(=O)c2cccs2)c2ccccc2)cc1)C(=O)O. The quantitative estimate of drug-likeness (QED) is 0.146. The van der Waals surface area contributed by atoms with Crippen molar-refractivity contribution in [1.82, 2.24) is 0 Å². The predicted octanol–water partition coefficient (Wildman–Crippen LogP) is 6.81. The van der Waals surface area contributed by atoms with E-state index in [1.54, 1.807) is 65.6 Å². The van der Waals surface area contributed by atoms with E-state index >= 15 is 0 Å². The third-order valence-electron chi connectivity index (χ3n) is 6.83. The van der Waals surface area contributed by atoms with Crippen molar-refractivity contribution in [3.8, 4) is 5.75 Å². The molecule has 1 heterocycles. The lowest BCUT2D eigenvalue weighted by Gasteiger charge is -2.22. The summed E-state index contributed by atoms with van der Waals surface area (Å²) in [6.07, 6.45) is 0.195. The second kappa shape index (κ2) is 14.1. The topological polar surface area (TPSA) is 95.9 Å². The zero-order valence-electron chi connectivity index (χ0n) is 23.3. The van der Waals surface area contributed by atoms with Crippen molar-refractivity contribution in [2.75, 3.05) is 23.4 Å². The van der Waals surface area contributed by atoms with Gasteiger partial charge in [-0.15, -0.1) is 11.3 Å². The summed E-state index contributed by atoms with van der Waals surface area (Å²) in [4.78, 5) is 40.8. The largest absolute Gasteiger partial charge is 0.492 e. The van der Waals surface area contributed by atoms with Gasteiger partial charge in [-0.1, -0.05) is 78.9 Å². The smallest absolute Gasteiger partial charge is 0.326 e. The number of hydrogen-bond acceptors (Lipinski definition) is 6. The van der Waals surface area contributed by atoms with Gasteiger partial charge in [-0.3, -0.25) is 9.59 Å². The summed E-state index contributed by atoms with van der Waals surface area (Å²) in [5.74, 6) is -0.686. The van der Waals surface area contributed by atoms with Crippen LogP contribution in [0.4, 0.5) is 11.4 Å². The summed E-state index contributed by atoms with van der Waals surface area (Å²) < 4.78 is 5.95.